The molecule has 0 fully saturated rings. The monoisotopic (exact) mass is 1720 g/mol. The lowest BCUT2D eigenvalue weighted by molar-refractivity contribution is 0.103. The zero-order valence-electron chi connectivity index (χ0n) is 73.7. The van der Waals surface area contributed by atoms with Crippen LogP contribution in [0.15, 0.2) is 131 Å². The van der Waals surface area contributed by atoms with E-state index in [4.69, 9.17) is 0 Å². The fraction of sp³-hybridized carbons (Fsp3) is 0.481. The van der Waals surface area contributed by atoms with Crippen molar-refractivity contribution in [2.24, 2.45) is 11.8 Å². The van der Waals surface area contributed by atoms with Gasteiger partial charge in [-0.25, -0.2) is 0 Å². The molecule has 3 aromatic carbocycles. The van der Waals surface area contributed by atoms with E-state index in [1.165, 1.54) is 338 Å². The van der Waals surface area contributed by atoms with E-state index in [2.05, 4.69) is 248 Å². The van der Waals surface area contributed by atoms with Gasteiger partial charge in [0, 0.05) is 122 Å². The molecule has 0 amide bonds. The summed E-state index contributed by atoms with van der Waals surface area (Å²) in [6, 6.07) is 42.4. The normalized spacial score (nSPS) is 14.2. The van der Waals surface area contributed by atoms with Crippen LogP contribution in [0.5, 0.6) is 0 Å². The summed E-state index contributed by atoms with van der Waals surface area (Å²) in [5.41, 5.74) is 18.8. The smallest absolute Gasteiger partial charge is 0.194 e. The van der Waals surface area contributed by atoms with E-state index in [9.17, 15) is 9.59 Å². The second-order valence-electron chi connectivity index (χ2n) is 34.9. The Morgan fingerprint density at radius 2 is 0.627 bits per heavy atom. The molecule has 8 heterocycles. The number of carbonyl (C=O) groups is 2. The third kappa shape index (κ3) is 21.6. The SMILES string of the molecule is CCCCCCCCc1cc(C=C2C(=O)c3ccccc3C2=C(C)C)sc1-c1cc(CCCCCCCC)c(-c2cc3c(-c4ccc(CC(CC)CCCC)s4)c4sc(-c5sc(-c6sc(/C=C7/C(=O)c8ccccc8C7=C(C)C)cc6CCCCCCCC)cc5CCCCCCCC)cc4c(-c4ccc(CC(CC)CCCC)s4)c3s2)s1. The summed E-state index contributed by atoms with van der Waals surface area (Å²) in [5.74, 6) is 1.64. The van der Waals surface area contributed by atoms with Crippen LogP contribution in [-0.2, 0) is 38.5 Å². The molecule has 2 atom stereocenters. The minimum Gasteiger partial charge on any atom is -0.289 e. The zero-order valence-corrected chi connectivity index (χ0v) is 80.2. The van der Waals surface area contributed by atoms with Crippen LogP contribution < -0.4 is 0 Å². The second-order valence-corrected chi connectivity index (χ2v) is 43.6. The molecule has 2 aliphatic carbocycles. The van der Waals surface area contributed by atoms with Gasteiger partial charge < -0.3 is 0 Å². The first kappa shape index (κ1) is 89.8. The largest absolute Gasteiger partial charge is 0.289 e. The highest BCUT2D eigenvalue weighted by atomic mass is 32.1. The van der Waals surface area contributed by atoms with E-state index in [1.54, 1.807) is 0 Å². The van der Waals surface area contributed by atoms with Crippen molar-refractivity contribution in [3.8, 4) is 59.9 Å². The predicted molar refractivity (Wildman–Crippen MR) is 533 cm³/mol. The third-order valence-corrected chi connectivity index (χ3v) is 35.1. The summed E-state index contributed by atoms with van der Waals surface area (Å²) in [5, 5.41) is 2.83. The number of benzene rings is 3. The van der Waals surface area contributed by atoms with E-state index in [0.717, 1.165) is 83.1 Å². The Kier molecular flexibility index (Phi) is 33.8. The van der Waals surface area contributed by atoms with Crippen LogP contribution in [0.25, 0.3) is 103 Å². The quantitative estimate of drug-likeness (QED) is 0.0281. The molecule has 2 aliphatic rings. The number of carbonyl (C=O) groups excluding carboxylic acids is 2. The summed E-state index contributed by atoms with van der Waals surface area (Å²) in [6.07, 6.45) is 51.3. The molecule has 118 heavy (non-hydrogen) atoms. The molecule has 0 N–H and O–H groups in total. The number of Topliss-reactive ketones (excluding diaryl/α,β-unsaturated/α-hetero) is 2. The van der Waals surface area contributed by atoms with Crippen LogP contribution in [0.2, 0.25) is 0 Å². The Morgan fingerprint density at radius 1 is 0.314 bits per heavy atom. The molecule has 0 aliphatic heterocycles. The van der Waals surface area contributed by atoms with Gasteiger partial charge in [0.05, 0.1) is 0 Å². The average molecular weight is 1720 g/mol. The van der Waals surface area contributed by atoms with Gasteiger partial charge in [0.2, 0.25) is 0 Å². The van der Waals surface area contributed by atoms with Gasteiger partial charge in [0.25, 0.3) is 0 Å². The van der Waals surface area contributed by atoms with E-state index < -0.39 is 0 Å². The number of ketones is 2. The molecule has 2 unspecified atom stereocenters. The minimum absolute atomic E-state index is 0.148. The van der Waals surface area contributed by atoms with Crippen LogP contribution in [0, 0.1) is 11.8 Å². The minimum atomic E-state index is 0.148. The highest BCUT2D eigenvalue weighted by molar-refractivity contribution is 7.31. The molecule has 0 saturated carbocycles. The number of allylic oxidation sites excluding steroid dienone is 6. The number of unbranched alkanes of at least 4 members (excludes halogenated alkanes) is 22. The van der Waals surface area contributed by atoms with E-state index in [1.807, 2.05) is 46.9 Å². The van der Waals surface area contributed by atoms with Crippen LogP contribution in [0.1, 0.15) is 362 Å². The Balaban J connectivity index is 1.02. The number of hydrogen-bond acceptors (Lipinski definition) is 10. The van der Waals surface area contributed by atoms with Crippen molar-refractivity contribution in [3.05, 3.63) is 196 Å². The summed E-state index contributed by atoms with van der Waals surface area (Å²) >= 11 is 16.3. The molecule has 0 spiro atoms. The fourth-order valence-electron chi connectivity index (χ4n) is 18.5. The Hall–Kier alpha value is -5.92. The Morgan fingerprint density at radius 3 is 0.966 bits per heavy atom. The van der Waals surface area contributed by atoms with Crippen LogP contribution in [-0.4, -0.2) is 11.6 Å². The summed E-state index contributed by atoms with van der Waals surface area (Å²) < 4.78 is 2.87. The van der Waals surface area contributed by atoms with Crippen molar-refractivity contribution >= 4 is 146 Å². The topological polar surface area (TPSA) is 34.1 Å². The standard InChI is InChI=1S/C108H134O2S8/c1-13-21-27-31-35-39-49-75-63-81(67-87-97(71(9)10)83-53-43-45-55-85(83)101(87)109)113-103(75)93-65-77(51-41-37-33-29-23-15-3)105(115-93)95-69-89-99(91-59-57-79(111-91)61-73(19-7)47-25-17-5)108-90(100(107(89)117-95)92-60-58-80(112-92)62-74(20-8)48-26-18-6)70-96(118-108)106-78(52-42-38-34-30-24-16-4)66-94(116-106)104-76(50-40-36-32-28-22-14-2)64-82(114-104)68-88-98(72(11)12)84-54-44-46-56-86(84)102(88)110/h43-46,53-60,63-70,73-74H,13-42,47-52,61-62H2,1-12H3/b87-67+,88-68?. The maximum absolute atomic E-state index is 14.6. The van der Waals surface area contributed by atoms with Gasteiger partial charge in [0.15, 0.2) is 11.6 Å². The van der Waals surface area contributed by atoms with Crippen LogP contribution in [0.3, 0.4) is 0 Å². The van der Waals surface area contributed by atoms with Gasteiger partial charge in [-0.05, 0) is 221 Å². The number of thiophene rings is 8. The van der Waals surface area contributed by atoms with Gasteiger partial charge >= 0.3 is 0 Å². The predicted octanol–water partition coefficient (Wildman–Crippen LogP) is 37.8. The lowest BCUT2D eigenvalue weighted by atomic mass is 9.95. The van der Waals surface area contributed by atoms with Crippen molar-refractivity contribution < 1.29 is 9.59 Å². The molecule has 8 aromatic heterocycles. The highest BCUT2D eigenvalue weighted by Gasteiger charge is 2.34. The van der Waals surface area contributed by atoms with Crippen LogP contribution >= 0.6 is 90.7 Å². The summed E-state index contributed by atoms with van der Waals surface area (Å²) in [7, 11) is 0. The zero-order chi connectivity index (χ0) is 82.6. The molecule has 2 nitrogen and oxygen atoms in total. The number of aryl methyl sites for hydroxylation is 4. The average Bonchev–Trinajstić information content (AvgIpc) is 1.53. The maximum Gasteiger partial charge on any atom is 0.194 e. The Labute approximate surface area is 743 Å². The molecular formula is C108H134O2S8. The summed E-state index contributed by atoms with van der Waals surface area (Å²) in [6.45, 7) is 27.6. The molecule has 13 rings (SSSR count). The molecule has 0 saturated heterocycles. The lowest BCUT2D eigenvalue weighted by Gasteiger charge is -2.13. The lowest BCUT2D eigenvalue weighted by Crippen LogP contribution is -2.01. The first-order valence-corrected chi connectivity index (χ1v) is 53.0. The van der Waals surface area contributed by atoms with Gasteiger partial charge in [0.1, 0.15) is 0 Å². The van der Waals surface area contributed by atoms with Gasteiger partial charge in [-0.1, -0.05) is 295 Å². The van der Waals surface area contributed by atoms with Crippen molar-refractivity contribution in [2.45, 2.75) is 327 Å². The second kappa shape index (κ2) is 44.4. The van der Waals surface area contributed by atoms with Gasteiger partial charge in [-0.2, -0.15) is 0 Å². The first-order chi connectivity index (χ1) is 57.7. The van der Waals surface area contributed by atoms with Crippen molar-refractivity contribution in [1.82, 2.24) is 0 Å². The van der Waals surface area contributed by atoms with Crippen molar-refractivity contribution in [1.29, 1.82) is 0 Å². The first-order valence-electron chi connectivity index (χ1n) is 46.5. The highest BCUT2D eigenvalue weighted by Crippen LogP contribution is 2.58. The van der Waals surface area contributed by atoms with E-state index in [-0.39, 0.29) is 11.6 Å². The van der Waals surface area contributed by atoms with Gasteiger partial charge in [-0.3, -0.25) is 9.59 Å². The number of fused-ring (bicyclic) bond motifs is 4. The van der Waals surface area contributed by atoms with Crippen molar-refractivity contribution in [2.75, 3.05) is 0 Å². The van der Waals surface area contributed by atoms with Gasteiger partial charge in [-0.15, -0.1) is 90.7 Å². The number of rotatable bonds is 48. The fourth-order valence-corrected chi connectivity index (χ4v) is 28.8. The Bertz CT molecular complexity index is 4910. The van der Waals surface area contributed by atoms with Crippen molar-refractivity contribution in [3.63, 3.8) is 0 Å². The van der Waals surface area contributed by atoms with E-state index in [0.29, 0.717) is 11.8 Å². The molecule has 11 aromatic rings. The summed E-state index contributed by atoms with van der Waals surface area (Å²) in [4.78, 5) is 48.6. The molecule has 10 heteroatoms. The van der Waals surface area contributed by atoms with Crippen LogP contribution in [0.4, 0.5) is 0 Å². The molecule has 0 radical (unpaired) electrons. The molecule has 626 valence electrons. The maximum atomic E-state index is 14.6. The third-order valence-electron chi connectivity index (χ3n) is 25.2. The van der Waals surface area contributed by atoms with E-state index >= 15 is 0 Å². The molecule has 0 bridgehead atoms. The molecular weight excluding hydrogens is 1590 g/mol. The number of hydrogen-bond donors (Lipinski definition) is 0.